The van der Waals surface area contributed by atoms with Crippen LogP contribution in [-0.4, -0.2) is 10.9 Å². The Balaban J connectivity index is 1.69. The first-order chi connectivity index (χ1) is 14.2. The van der Waals surface area contributed by atoms with Crippen molar-refractivity contribution >= 4 is 27.9 Å². The summed E-state index contributed by atoms with van der Waals surface area (Å²) in [6, 6.07) is 27.5. The van der Waals surface area contributed by atoms with Crippen LogP contribution in [0.1, 0.15) is 33.0 Å². The van der Waals surface area contributed by atoms with E-state index >= 15 is 0 Å². The molecule has 0 spiro atoms. The molecule has 1 aliphatic heterocycles. The van der Waals surface area contributed by atoms with Gasteiger partial charge in [-0.15, -0.1) is 0 Å². The molecule has 3 heteroatoms. The predicted molar refractivity (Wildman–Crippen MR) is 115 cm³/mol. The summed E-state index contributed by atoms with van der Waals surface area (Å²) < 4.78 is 0. The number of hydrogen-bond acceptors (Lipinski definition) is 3. The number of carbonyl (C=O) groups excluding carboxylic acids is 1. The van der Waals surface area contributed by atoms with E-state index < -0.39 is 0 Å². The van der Waals surface area contributed by atoms with E-state index in [0.717, 1.165) is 50.0 Å². The lowest BCUT2D eigenvalue weighted by Crippen LogP contribution is -2.19. The van der Waals surface area contributed by atoms with Crippen LogP contribution in [0, 0.1) is 0 Å². The van der Waals surface area contributed by atoms with Crippen LogP contribution in [0.2, 0.25) is 0 Å². The van der Waals surface area contributed by atoms with Gasteiger partial charge in [0, 0.05) is 28.3 Å². The average molecular weight is 375 g/mol. The number of aromatic hydroxyl groups is 1. The minimum atomic E-state index is -0.201. The van der Waals surface area contributed by atoms with Gasteiger partial charge in [-0.2, -0.15) is 0 Å². The molecule has 6 rings (SSSR count). The van der Waals surface area contributed by atoms with Gasteiger partial charge in [-0.1, -0.05) is 66.7 Å². The highest BCUT2D eigenvalue weighted by atomic mass is 16.3. The molecule has 0 saturated heterocycles. The van der Waals surface area contributed by atoms with Crippen molar-refractivity contribution < 1.29 is 9.90 Å². The number of benzene rings is 4. The molecule has 1 atom stereocenters. The van der Waals surface area contributed by atoms with Crippen LogP contribution in [0.15, 0.2) is 90.5 Å². The maximum Gasteiger partial charge on any atom is 0.192 e. The van der Waals surface area contributed by atoms with E-state index in [1.54, 1.807) is 12.1 Å². The van der Waals surface area contributed by atoms with E-state index in [4.69, 9.17) is 0 Å². The maximum absolute atomic E-state index is 13.5. The molecule has 0 radical (unpaired) electrons. The Morgan fingerprint density at radius 3 is 2.31 bits per heavy atom. The lowest BCUT2D eigenvalue weighted by atomic mass is 9.78. The van der Waals surface area contributed by atoms with E-state index in [0.29, 0.717) is 0 Å². The van der Waals surface area contributed by atoms with Crippen molar-refractivity contribution in [2.75, 3.05) is 5.32 Å². The summed E-state index contributed by atoms with van der Waals surface area (Å²) in [5.41, 5.74) is 6.49. The smallest absolute Gasteiger partial charge is 0.192 e. The van der Waals surface area contributed by atoms with E-state index in [2.05, 4.69) is 29.6 Å². The number of phenolic OH excluding ortho intramolecular Hbond substituents is 1. The van der Waals surface area contributed by atoms with Gasteiger partial charge in [-0.3, -0.25) is 4.79 Å². The molecule has 0 fully saturated rings. The zero-order valence-corrected chi connectivity index (χ0v) is 15.5. The molecule has 4 aromatic carbocycles. The Hall–Kier alpha value is -3.85. The fraction of sp³-hybridized carbons (Fsp3) is 0.0385. The quantitative estimate of drug-likeness (QED) is 0.448. The zero-order valence-electron chi connectivity index (χ0n) is 15.5. The van der Waals surface area contributed by atoms with Gasteiger partial charge in [0.05, 0.1) is 5.70 Å². The van der Waals surface area contributed by atoms with Gasteiger partial charge in [-0.05, 0) is 40.1 Å². The van der Waals surface area contributed by atoms with Gasteiger partial charge in [0.2, 0.25) is 0 Å². The third kappa shape index (κ3) is 2.21. The number of fused-ring (bicyclic) bond motifs is 5. The lowest BCUT2D eigenvalue weighted by molar-refractivity contribution is 0.103. The number of carbonyl (C=O) groups is 1. The molecular formula is C26H17NO2. The van der Waals surface area contributed by atoms with Gasteiger partial charge in [0.15, 0.2) is 5.78 Å². The highest BCUT2D eigenvalue weighted by Crippen LogP contribution is 2.51. The van der Waals surface area contributed by atoms with Gasteiger partial charge in [0.1, 0.15) is 5.75 Å². The number of ketones is 1. The molecule has 3 nitrogen and oxygen atoms in total. The number of nitrogens with one attached hydrogen (secondary N) is 1. The molecule has 0 bridgehead atoms. The van der Waals surface area contributed by atoms with Crippen molar-refractivity contribution in [3.63, 3.8) is 0 Å². The minimum absolute atomic E-state index is 0.0692. The molecule has 138 valence electrons. The van der Waals surface area contributed by atoms with Crippen LogP contribution in [0.4, 0.5) is 5.69 Å². The molecule has 1 unspecified atom stereocenters. The Bertz CT molecular complexity index is 1350. The van der Waals surface area contributed by atoms with Crippen molar-refractivity contribution in [2.24, 2.45) is 0 Å². The lowest BCUT2D eigenvalue weighted by Gasteiger charge is -2.30. The summed E-state index contributed by atoms with van der Waals surface area (Å²) >= 11 is 0. The van der Waals surface area contributed by atoms with E-state index in [1.165, 1.54) is 0 Å². The Kier molecular flexibility index (Phi) is 3.24. The Morgan fingerprint density at radius 1 is 0.759 bits per heavy atom. The van der Waals surface area contributed by atoms with Crippen LogP contribution in [0.5, 0.6) is 5.75 Å². The first-order valence-electron chi connectivity index (χ1n) is 9.68. The van der Waals surface area contributed by atoms with Crippen LogP contribution >= 0.6 is 0 Å². The zero-order chi connectivity index (χ0) is 19.5. The molecule has 0 aromatic heterocycles. The first kappa shape index (κ1) is 16.1. The SMILES string of the molecule is O=C1C2=C(Nc3ccc4ccccc4c3C2c2ccc(O)cc2)c2ccccc21. The van der Waals surface area contributed by atoms with E-state index in [1.807, 2.05) is 48.5 Å². The molecule has 29 heavy (non-hydrogen) atoms. The molecule has 0 amide bonds. The third-order valence-corrected chi connectivity index (χ3v) is 5.99. The van der Waals surface area contributed by atoms with E-state index in [9.17, 15) is 9.90 Å². The van der Waals surface area contributed by atoms with E-state index in [-0.39, 0.29) is 17.5 Å². The summed E-state index contributed by atoms with van der Waals surface area (Å²) in [7, 11) is 0. The Morgan fingerprint density at radius 2 is 1.48 bits per heavy atom. The normalized spacial score (nSPS) is 17.0. The van der Waals surface area contributed by atoms with Crippen molar-refractivity contribution in [3.05, 3.63) is 113 Å². The standard InChI is InChI=1S/C26H17NO2/c28-17-12-9-16(10-13-17)22-23-18-6-2-1-5-15(18)11-14-21(23)27-25-19-7-3-4-8-20(19)26(29)24(22)25/h1-14,22,27-28H. The number of rotatable bonds is 1. The molecule has 1 aliphatic carbocycles. The van der Waals surface area contributed by atoms with Gasteiger partial charge in [-0.25, -0.2) is 0 Å². The second-order valence-corrected chi connectivity index (χ2v) is 7.56. The first-order valence-corrected chi connectivity index (χ1v) is 9.68. The fourth-order valence-electron chi connectivity index (χ4n) is 4.71. The number of Topliss-reactive ketones (excluding diaryl/α,β-unsaturated/α-hetero) is 1. The Labute approximate surface area is 167 Å². The number of hydrogen-bond donors (Lipinski definition) is 2. The molecular weight excluding hydrogens is 358 g/mol. The monoisotopic (exact) mass is 375 g/mol. The topological polar surface area (TPSA) is 49.3 Å². The fourth-order valence-corrected chi connectivity index (χ4v) is 4.71. The van der Waals surface area contributed by atoms with Crippen molar-refractivity contribution in [3.8, 4) is 5.75 Å². The minimum Gasteiger partial charge on any atom is -0.508 e. The van der Waals surface area contributed by atoms with Gasteiger partial charge in [0.25, 0.3) is 0 Å². The van der Waals surface area contributed by atoms with Crippen molar-refractivity contribution in [1.29, 1.82) is 0 Å². The summed E-state index contributed by atoms with van der Waals surface area (Å²) in [6.07, 6.45) is 0. The van der Waals surface area contributed by atoms with Crippen LogP contribution in [0.25, 0.3) is 16.5 Å². The van der Waals surface area contributed by atoms with Crippen LogP contribution in [0.3, 0.4) is 0 Å². The number of anilines is 1. The van der Waals surface area contributed by atoms with Crippen molar-refractivity contribution in [2.45, 2.75) is 5.92 Å². The average Bonchev–Trinajstić information content (AvgIpc) is 3.05. The molecule has 1 heterocycles. The van der Waals surface area contributed by atoms with Crippen molar-refractivity contribution in [1.82, 2.24) is 0 Å². The summed E-state index contributed by atoms with van der Waals surface area (Å²) in [6.45, 7) is 0. The third-order valence-electron chi connectivity index (χ3n) is 5.99. The summed E-state index contributed by atoms with van der Waals surface area (Å²) in [5, 5.41) is 15.6. The van der Waals surface area contributed by atoms with Gasteiger partial charge >= 0.3 is 0 Å². The highest BCUT2D eigenvalue weighted by molar-refractivity contribution is 6.24. The second-order valence-electron chi connectivity index (χ2n) is 7.56. The maximum atomic E-state index is 13.5. The van der Waals surface area contributed by atoms with Crippen LogP contribution < -0.4 is 5.32 Å². The molecule has 0 saturated carbocycles. The van der Waals surface area contributed by atoms with Gasteiger partial charge < -0.3 is 10.4 Å². The molecule has 2 N–H and O–H groups in total. The number of phenols is 1. The largest absolute Gasteiger partial charge is 0.508 e. The predicted octanol–water partition coefficient (Wildman–Crippen LogP) is 5.71. The highest BCUT2D eigenvalue weighted by Gasteiger charge is 2.40. The molecule has 4 aromatic rings. The van der Waals surface area contributed by atoms with Crippen LogP contribution in [-0.2, 0) is 0 Å². The molecule has 2 aliphatic rings. The number of allylic oxidation sites excluding steroid dienone is 1. The second kappa shape index (κ2) is 5.82. The summed E-state index contributed by atoms with van der Waals surface area (Å²) in [5.74, 6) is 0.0867. The summed E-state index contributed by atoms with van der Waals surface area (Å²) in [4.78, 5) is 13.5.